The molecule has 2 rings (SSSR count). The number of nitrogens with one attached hydrogen (secondary N) is 1. The minimum atomic E-state index is 0.163. The summed E-state index contributed by atoms with van der Waals surface area (Å²) in [6.45, 7) is 2.40. The summed E-state index contributed by atoms with van der Waals surface area (Å²) in [4.78, 5) is 12.1. The summed E-state index contributed by atoms with van der Waals surface area (Å²) in [5, 5.41) is 3.39. The van der Waals surface area contributed by atoms with Crippen LogP contribution in [0.15, 0.2) is 18.2 Å². The van der Waals surface area contributed by atoms with Gasteiger partial charge in [-0.05, 0) is 43.5 Å². The second-order valence-corrected chi connectivity index (χ2v) is 5.32. The van der Waals surface area contributed by atoms with E-state index in [4.69, 9.17) is 4.74 Å². The van der Waals surface area contributed by atoms with Crippen molar-refractivity contribution in [2.24, 2.45) is 0 Å². The molecule has 0 bridgehead atoms. The molecule has 3 heteroatoms. The van der Waals surface area contributed by atoms with Crippen molar-refractivity contribution in [2.45, 2.75) is 45.1 Å². The highest BCUT2D eigenvalue weighted by Crippen LogP contribution is 2.19. The van der Waals surface area contributed by atoms with E-state index in [-0.39, 0.29) is 5.78 Å². The number of carbonyl (C=O) groups is 1. The lowest BCUT2D eigenvalue weighted by Gasteiger charge is -2.22. The zero-order valence-electron chi connectivity index (χ0n) is 11.9. The molecule has 1 aliphatic carbocycles. The van der Waals surface area contributed by atoms with Gasteiger partial charge in [0.1, 0.15) is 5.75 Å². The summed E-state index contributed by atoms with van der Waals surface area (Å²) in [5.41, 5.74) is 1.77. The normalized spacial score (nSPS) is 16.3. The maximum atomic E-state index is 12.1. The summed E-state index contributed by atoms with van der Waals surface area (Å²) in [6.07, 6.45) is 6.31. The predicted molar refractivity (Wildman–Crippen MR) is 76.9 cm³/mol. The number of carbonyl (C=O) groups excluding carboxylic acids is 1. The first-order valence-corrected chi connectivity index (χ1v) is 7.12. The van der Waals surface area contributed by atoms with Crippen molar-refractivity contribution < 1.29 is 9.53 Å². The predicted octanol–water partition coefficient (Wildman–Crippen LogP) is 3.11. The molecule has 1 aliphatic rings. The quantitative estimate of drug-likeness (QED) is 0.828. The van der Waals surface area contributed by atoms with Crippen LogP contribution >= 0.6 is 0 Å². The molecule has 19 heavy (non-hydrogen) atoms. The number of methoxy groups -OCH3 is 1. The van der Waals surface area contributed by atoms with E-state index in [9.17, 15) is 4.79 Å². The molecular formula is C16H23NO2. The molecule has 0 heterocycles. The molecule has 0 radical (unpaired) electrons. The fourth-order valence-corrected chi connectivity index (χ4v) is 2.70. The van der Waals surface area contributed by atoms with Crippen molar-refractivity contribution in [3.63, 3.8) is 0 Å². The zero-order valence-corrected chi connectivity index (χ0v) is 11.9. The molecule has 0 unspecified atom stereocenters. The number of hydrogen-bond donors (Lipinski definition) is 1. The van der Waals surface area contributed by atoms with E-state index in [0.29, 0.717) is 12.6 Å². The van der Waals surface area contributed by atoms with Crippen LogP contribution in [0.3, 0.4) is 0 Å². The molecule has 1 aromatic rings. The largest absolute Gasteiger partial charge is 0.496 e. The zero-order chi connectivity index (χ0) is 13.7. The number of ether oxygens (including phenoxy) is 1. The Morgan fingerprint density at radius 2 is 2.05 bits per heavy atom. The van der Waals surface area contributed by atoms with E-state index >= 15 is 0 Å². The Hall–Kier alpha value is -1.35. The molecule has 0 spiro atoms. The summed E-state index contributed by atoms with van der Waals surface area (Å²) < 4.78 is 5.21. The van der Waals surface area contributed by atoms with E-state index in [1.807, 2.05) is 25.1 Å². The lowest BCUT2D eigenvalue weighted by atomic mass is 9.95. The molecule has 3 nitrogen and oxygen atoms in total. The Labute approximate surface area is 115 Å². The topological polar surface area (TPSA) is 38.3 Å². The molecule has 104 valence electrons. The van der Waals surface area contributed by atoms with Crippen LogP contribution < -0.4 is 10.1 Å². The van der Waals surface area contributed by atoms with Crippen molar-refractivity contribution in [3.05, 3.63) is 29.3 Å². The van der Waals surface area contributed by atoms with Crippen molar-refractivity contribution in [2.75, 3.05) is 13.7 Å². The van der Waals surface area contributed by atoms with Gasteiger partial charge in [0.25, 0.3) is 0 Å². The van der Waals surface area contributed by atoms with Gasteiger partial charge in [0.2, 0.25) is 0 Å². The van der Waals surface area contributed by atoms with Crippen LogP contribution in [0.5, 0.6) is 5.75 Å². The molecule has 0 aromatic heterocycles. The van der Waals surface area contributed by atoms with E-state index in [0.717, 1.165) is 16.9 Å². The molecular weight excluding hydrogens is 238 g/mol. The van der Waals surface area contributed by atoms with Gasteiger partial charge >= 0.3 is 0 Å². The number of hydrogen-bond acceptors (Lipinski definition) is 3. The minimum absolute atomic E-state index is 0.163. The molecule has 1 aromatic carbocycles. The molecule has 1 saturated carbocycles. The lowest BCUT2D eigenvalue weighted by Crippen LogP contribution is -2.35. The highest BCUT2D eigenvalue weighted by Gasteiger charge is 2.15. The summed E-state index contributed by atoms with van der Waals surface area (Å²) in [7, 11) is 1.65. The molecule has 0 amide bonds. The summed E-state index contributed by atoms with van der Waals surface area (Å²) >= 11 is 0. The monoisotopic (exact) mass is 261 g/mol. The second-order valence-electron chi connectivity index (χ2n) is 5.32. The molecule has 0 atom stereocenters. The molecule has 1 N–H and O–H groups in total. The maximum Gasteiger partial charge on any atom is 0.176 e. The highest BCUT2D eigenvalue weighted by atomic mass is 16.5. The van der Waals surface area contributed by atoms with E-state index < -0.39 is 0 Å². The van der Waals surface area contributed by atoms with Gasteiger partial charge in [-0.1, -0.05) is 19.3 Å². The van der Waals surface area contributed by atoms with Crippen LogP contribution in [-0.2, 0) is 0 Å². The van der Waals surface area contributed by atoms with Crippen molar-refractivity contribution in [1.82, 2.24) is 5.32 Å². The average molecular weight is 261 g/mol. The number of Topliss-reactive ketones (excluding diaryl/α,β-unsaturated/α-hetero) is 1. The Morgan fingerprint density at radius 3 is 2.68 bits per heavy atom. The van der Waals surface area contributed by atoms with E-state index in [1.165, 1.54) is 32.1 Å². The van der Waals surface area contributed by atoms with Gasteiger partial charge in [0.15, 0.2) is 5.78 Å². The lowest BCUT2D eigenvalue weighted by molar-refractivity contribution is 0.0984. The smallest absolute Gasteiger partial charge is 0.176 e. The molecule has 1 fully saturated rings. The fourth-order valence-electron chi connectivity index (χ4n) is 2.70. The number of benzene rings is 1. The Kier molecular flexibility index (Phi) is 4.97. The van der Waals surface area contributed by atoms with Gasteiger partial charge in [-0.15, -0.1) is 0 Å². The number of aryl methyl sites for hydroxylation is 1. The fraction of sp³-hybridized carbons (Fsp3) is 0.562. The Morgan fingerprint density at radius 1 is 1.32 bits per heavy atom. The van der Waals surface area contributed by atoms with Gasteiger partial charge in [-0.3, -0.25) is 4.79 Å². The van der Waals surface area contributed by atoms with Crippen molar-refractivity contribution in [3.8, 4) is 5.75 Å². The highest BCUT2D eigenvalue weighted by molar-refractivity contribution is 5.98. The summed E-state index contributed by atoms with van der Waals surface area (Å²) in [6, 6.07) is 6.14. The third-order valence-corrected chi connectivity index (χ3v) is 3.87. The van der Waals surface area contributed by atoms with Crippen LogP contribution in [0.2, 0.25) is 0 Å². The summed E-state index contributed by atoms with van der Waals surface area (Å²) in [5.74, 6) is 0.994. The number of ketones is 1. The van der Waals surface area contributed by atoms with Crippen molar-refractivity contribution in [1.29, 1.82) is 0 Å². The maximum absolute atomic E-state index is 12.1. The van der Waals surface area contributed by atoms with Gasteiger partial charge in [0.05, 0.1) is 13.7 Å². The van der Waals surface area contributed by atoms with Gasteiger partial charge in [0, 0.05) is 11.6 Å². The van der Waals surface area contributed by atoms with Crippen LogP contribution in [0, 0.1) is 6.92 Å². The third kappa shape index (κ3) is 3.80. The van der Waals surface area contributed by atoms with E-state index in [2.05, 4.69) is 5.32 Å². The molecule has 0 saturated heterocycles. The van der Waals surface area contributed by atoms with Gasteiger partial charge < -0.3 is 10.1 Å². The molecule has 0 aliphatic heterocycles. The standard InChI is InChI=1S/C16H23NO2/c1-12-10-13(8-9-16(12)19-2)15(18)11-17-14-6-4-3-5-7-14/h8-10,14,17H,3-7,11H2,1-2H3. The van der Waals surface area contributed by atoms with Crippen LogP contribution in [0.1, 0.15) is 48.0 Å². The first-order chi connectivity index (χ1) is 9.20. The van der Waals surface area contributed by atoms with Crippen LogP contribution in [0.25, 0.3) is 0 Å². The van der Waals surface area contributed by atoms with Crippen molar-refractivity contribution >= 4 is 5.78 Å². The van der Waals surface area contributed by atoms with Gasteiger partial charge in [-0.25, -0.2) is 0 Å². The van der Waals surface area contributed by atoms with E-state index in [1.54, 1.807) is 7.11 Å². The van der Waals surface area contributed by atoms with Gasteiger partial charge in [-0.2, -0.15) is 0 Å². The first kappa shape index (κ1) is 14.1. The van der Waals surface area contributed by atoms with Crippen LogP contribution in [-0.4, -0.2) is 25.5 Å². The van der Waals surface area contributed by atoms with Crippen LogP contribution in [0.4, 0.5) is 0 Å². The third-order valence-electron chi connectivity index (χ3n) is 3.87. The SMILES string of the molecule is COc1ccc(C(=O)CNC2CCCCC2)cc1C. The second kappa shape index (κ2) is 6.71. The minimum Gasteiger partial charge on any atom is -0.496 e. The first-order valence-electron chi connectivity index (χ1n) is 7.12. The Bertz CT molecular complexity index is 436. The number of rotatable bonds is 5. The Balaban J connectivity index is 1.90. The average Bonchev–Trinajstić information content (AvgIpc) is 2.45.